The number of ketones is 2. The number of amides is 6. The number of hydrogen-bond donors (Lipinski definition) is 15. The lowest BCUT2D eigenvalue weighted by Crippen LogP contribution is -2.58. The molecule has 95 heavy (non-hydrogen) atoms. The van der Waals surface area contributed by atoms with Crippen molar-refractivity contribution in [2.24, 2.45) is 11.5 Å². The number of nitrogens with zero attached hydrogens (tertiary/aromatic N) is 3. The highest BCUT2D eigenvalue weighted by Gasteiger charge is 2.33. The van der Waals surface area contributed by atoms with E-state index in [0.29, 0.717) is 35.1 Å². The molecule has 4 rings (SSSR count). The fourth-order valence-electron chi connectivity index (χ4n) is 9.92. The van der Waals surface area contributed by atoms with Crippen LogP contribution in [0.1, 0.15) is 47.9 Å². The molecule has 0 aliphatic heterocycles. The molecule has 4 aromatic carbocycles. The molecule has 17 N–H and O–H groups in total. The first kappa shape index (κ1) is 77.9. The minimum absolute atomic E-state index is 0.0551. The summed E-state index contributed by atoms with van der Waals surface area (Å²) in [7, 11) is 0. The van der Waals surface area contributed by atoms with Crippen LogP contribution in [-0.4, -0.2) is 227 Å². The van der Waals surface area contributed by atoms with Gasteiger partial charge in [0.25, 0.3) is 0 Å². The van der Waals surface area contributed by atoms with E-state index >= 15 is 0 Å². The second-order valence-corrected chi connectivity index (χ2v) is 22.8. The number of nitrogens with one attached hydrogen (secondary N) is 10. The standard InChI is InChI=1S/C64H85Cl2N15O14/c65-35-52(82)46(23-13-25-71-63(67)68)75-61(94)50(33-44-19-9-3-10-20-44)77-59(92)48(31-42-15-5-1-6-16-42)73-54(84)37-80(40-57(88)89)29-27-79(39-56(86)87)28-30-81(41-58(90)91)38-55(85)74-49(32-43-17-7-2-8-18-43)60(93)78-51(34-45-21-11-4-12-22-45)62(95)76-47(53(83)36-66)24-14-26-72-64(69)70/h1-12,15-22,46-51H,13-14,23-41H2,(H,73,84)(H,74,85)(H,75,94)(H,76,95)(H,77,92)(H,78,93)(H,86,87)(H,88,89)(H,90,91)(H4,67,68,71)(H4,69,70,72). The Hall–Kier alpha value is -9.55. The maximum atomic E-state index is 14.4. The lowest BCUT2D eigenvalue weighted by molar-refractivity contribution is -0.141. The largest absolute Gasteiger partial charge is 0.480 e. The number of benzene rings is 4. The van der Waals surface area contributed by atoms with Crippen LogP contribution in [-0.2, 0) is 78.4 Å². The van der Waals surface area contributed by atoms with E-state index in [-0.39, 0.29) is 89.7 Å². The Morgan fingerprint density at radius 2 is 0.632 bits per heavy atom. The molecule has 0 saturated carbocycles. The summed E-state index contributed by atoms with van der Waals surface area (Å²) >= 11 is 11.8. The molecule has 6 unspecified atom stereocenters. The van der Waals surface area contributed by atoms with Gasteiger partial charge in [0.15, 0.2) is 23.5 Å². The summed E-state index contributed by atoms with van der Waals surface area (Å²) in [6.45, 7) is -3.99. The lowest BCUT2D eigenvalue weighted by atomic mass is 10.0. The first-order valence-corrected chi connectivity index (χ1v) is 31.6. The van der Waals surface area contributed by atoms with Gasteiger partial charge in [0, 0.05) is 65.0 Å². The number of alkyl halides is 2. The quantitative estimate of drug-likeness (QED) is 0.0111. The van der Waals surface area contributed by atoms with Crippen molar-refractivity contribution in [3.05, 3.63) is 144 Å². The predicted molar refractivity (Wildman–Crippen MR) is 354 cm³/mol. The van der Waals surface area contributed by atoms with E-state index in [1.807, 2.05) is 0 Å². The fourth-order valence-corrected chi connectivity index (χ4v) is 10.3. The fraction of sp³-hybridized carbons (Fsp3) is 0.422. The van der Waals surface area contributed by atoms with Crippen LogP contribution in [0.25, 0.3) is 0 Å². The number of nitrogens with two attached hydrogens (primary N) is 2. The molecule has 0 spiro atoms. The number of guanidine groups is 2. The van der Waals surface area contributed by atoms with Crippen LogP contribution in [0.4, 0.5) is 0 Å². The van der Waals surface area contributed by atoms with E-state index in [4.69, 9.17) is 45.5 Å². The zero-order valence-electron chi connectivity index (χ0n) is 52.4. The van der Waals surface area contributed by atoms with Crippen molar-refractivity contribution in [3.8, 4) is 0 Å². The van der Waals surface area contributed by atoms with Crippen LogP contribution in [0.15, 0.2) is 121 Å². The average Bonchev–Trinajstić information content (AvgIpc) is 0.919. The Bertz CT molecular complexity index is 2980. The Morgan fingerprint density at radius 3 is 0.895 bits per heavy atom. The zero-order chi connectivity index (χ0) is 69.7. The van der Waals surface area contributed by atoms with E-state index in [9.17, 15) is 68.1 Å². The van der Waals surface area contributed by atoms with E-state index in [1.54, 1.807) is 121 Å². The number of aliphatic carboxylic acids is 3. The molecule has 29 nitrogen and oxygen atoms in total. The maximum absolute atomic E-state index is 14.4. The second-order valence-electron chi connectivity index (χ2n) is 22.3. The third kappa shape index (κ3) is 31.8. The number of carboxylic acid groups (broad SMARTS) is 3. The smallest absolute Gasteiger partial charge is 0.317 e. The van der Waals surface area contributed by atoms with Gasteiger partial charge in [-0.2, -0.15) is 0 Å². The van der Waals surface area contributed by atoms with Gasteiger partial charge in [0.2, 0.25) is 35.4 Å². The van der Waals surface area contributed by atoms with E-state index in [2.05, 4.69) is 42.5 Å². The minimum atomic E-state index is -1.38. The minimum Gasteiger partial charge on any atom is -0.480 e. The second kappa shape index (κ2) is 42.6. The SMILES string of the molecule is N=C(N)NCCCC(NC(=O)C(Cc1ccccc1)NC(=O)C(Cc1ccccc1)NC(=O)CN(CCN(CCN(CC(=O)O)CC(=O)NC(Cc1ccccc1)C(=O)NC(Cc1ccccc1)C(=O)NC(CCCNC(=N)N)C(=O)CCl)CC(=O)O)CC(=O)O)C(=O)CCl. The molecule has 6 atom stereocenters. The summed E-state index contributed by atoms with van der Waals surface area (Å²) in [4.78, 5) is 152. The van der Waals surface area contributed by atoms with E-state index in [0.717, 1.165) is 0 Å². The van der Waals surface area contributed by atoms with Gasteiger partial charge in [-0.1, -0.05) is 121 Å². The molecule has 0 aromatic heterocycles. The molecule has 0 saturated heterocycles. The summed E-state index contributed by atoms with van der Waals surface area (Å²) < 4.78 is 0. The number of carbonyl (C=O) groups is 11. The van der Waals surface area contributed by atoms with Gasteiger partial charge in [-0.15, -0.1) is 23.2 Å². The number of Topliss-reactive ketones (excluding diaryl/α,β-unsaturated/α-hetero) is 2. The molecule has 0 bridgehead atoms. The van der Waals surface area contributed by atoms with Gasteiger partial charge in [0.1, 0.15) is 24.2 Å². The monoisotopic (exact) mass is 1360 g/mol. The molecule has 4 aromatic rings. The molecule has 0 heterocycles. The average molecular weight is 1360 g/mol. The molecule has 0 aliphatic rings. The lowest BCUT2D eigenvalue weighted by Gasteiger charge is -2.29. The van der Waals surface area contributed by atoms with Crippen molar-refractivity contribution in [1.29, 1.82) is 10.8 Å². The van der Waals surface area contributed by atoms with Gasteiger partial charge in [0.05, 0.1) is 56.6 Å². The van der Waals surface area contributed by atoms with Gasteiger partial charge in [-0.05, 0) is 47.9 Å². The molecule has 6 amide bonds. The van der Waals surface area contributed by atoms with Crippen molar-refractivity contribution in [3.63, 3.8) is 0 Å². The van der Waals surface area contributed by atoms with Crippen molar-refractivity contribution >= 4 is 100 Å². The topological polar surface area (TPSA) is 454 Å². The number of halogens is 2. The van der Waals surface area contributed by atoms with E-state index in [1.165, 1.54) is 14.7 Å². The number of carbonyl (C=O) groups excluding carboxylic acids is 8. The first-order chi connectivity index (χ1) is 45.4. The number of rotatable bonds is 46. The molecule has 514 valence electrons. The van der Waals surface area contributed by atoms with Crippen molar-refractivity contribution in [1.82, 2.24) is 57.2 Å². The molecule has 0 aliphatic carbocycles. The Balaban J connectivity index is 1.52. The van der Waals surface area contributed by atoms with Crippen LogP contribution >= 0.6 is 23.2 Å². The summed E-state index contributed by atoms with van der Waals surface area (Å²) in [6, 6.07) is 26.9. The Labute approximate surface area is 560 Å². The van der Waals surface area contributed by atoms with Crippen molar-refractivity contribution in [2.75, 3.05) is 83.8 Å². The Morgan fingerprint density at radius 1 is 0.379 bits per heavy atom. The number of hydrogen-bond acceptors (Lipinski definition) is 16. The summed E-state index contributed by atoms with van der Waals surface area (Å²) in [5.41, 5.74) is 13.2. The van der Waals surface area contributed by atoms with Crippen LogP contribution in [0.2, 0.25) is 0 Å². The highest BCUT2D eigenvalue weighted by atomic mass is 35.5. The third-order valence-electron chi connectivity index (χ3n) is 14.6. The molecular weight excluding hydrogens is 1270 g/mol. The van der Waals surface area contributed by atoms with Gasteiger partial charge in [-0.25, -0.2) is 0 Å². The predicted octanol–water partition coefficient (Wildman–Crippen LogP) is -0.832. The molecular formula is C64H85Cl2N15O14. The van der Waals surface area contributed by atoms with Crippen molar-refractivity contribution in [2.45, 2.75) is 87.6 Å². The molecule has 0 radical (unpaired) electrons. The van der Waals surface area contributed by atoms with Crippen LogP contribution in [0.3, 0.4) is 0 Å². The molecule has 0 fully saturated rings. The highest BCUT2D eigenvalue weighted by molar-refractivity contribution is 6.29. The van der Waals surface area contributed by atoms with Crippen LogP contribution in [0, 0.1) is 10.8 Å². The van der Waals surface area contributed by atoms with Gasteiger partial charge in [-0.3, -0.25) is 78.3 Å². The summed E-state index contributed by atoms with van der Waals surface area (Å²) in [5, 5.41) is 66.3. The van der Waals surface area contributed by atoms with Gasteiger partial charge < -0.3 is 69.3 Å². The summed E-state index contributed by atoms with van der Waals surface area (Å²) in [5.74, 6) is -11.3. The Kier molecular flexibility index (Phi) is 35.0. The summed E-state index contributed by atoms with van der Waals surface area (Å²) in [6.07, 6.45) is 0.502. The zero-order valence-corrected chi connectivity index (χ0v) is 54.0. The maximum Gasteiger partial charge on any atom is 0.317 e. The first-order valence-electron chi connectivity index (χ1n) is 30.5. The highest BCUT2D eigenvalue weighted by Crippen LogP contribution is 2.13. The number of carboxylic acids is 3. The third-order valence-corrected chi connectivity index (χ3v) is 15.1. The normalized spacial score (nSPS) is 12.9. The van der Waals surface area contributed by atoms with Crippen LogP contribution in [0.5, 0.6) is 0 Å². The van der Waals surface area contributed by atoms with Crippen LogP contribution < -0.4 is 54.0 Å². The van der Waals surface area contributed by atoms with E-state index < -0.39 is 146 Å². The molecule has 31 heteroatoms. The van der Waals surface area contributed by atoms with Gasteiger partial charge >= 0.3 is 17.9 Å². The van der Waals surface area contributed by atoms with Crippen molar-refractivity contribution < 1.29 is 68.1 Å².